The van der Waals surface area contributed by atoms with E-state index in [2.05, 4.69) is 33.1 Å². The number of nitrogens with one attached hydrogen (secondary N) is 3. The highest BCUT2D eigenvalue weighted by molar-refractivity contribution is 5.79. The van der Waals surface area contributed by atoms with E-state index < -0.39 is 0 Å². The zero-order valence-corrected chi connectivity index (χ0v) is 13.3. The van der Waals surface area contributed by atoms with Gasteiger partial charge in [0, 0.05) is 32.4 Å². The SMILES string of the molecule is CN=C(NCCCNc1ccccc1)NCc1ccc(F)cc1. The molecule has 0 unspecified atom stereocenters. The highest BCUT2D eigenvalue weighted by atomic mass is 19.1. The van der Waals surface area contributed by atoms with Crippen molar-refractivity contribution in [2.45, 2.75) is 13.0 Å². The Morgan fingerprint density at radius 3 is 2.39 bits per heavy atom. The number of para-hydroxylation sites is 1. The molecule has 4 nitrogen and oxygen atoms in total. The van der Waals surface area contributed by atoms with E-state index in [-0.39, 0.29) is 5.82 Å². The number of guanidine groups is 1. The maximum absolute atomic E-state index is 12.9. The van der Waals surface area contributed by atoms with Gasteiger partial charge in [-0.3, -0.25) is 4.99 Å². The summed E-state index contributed by atoms with van der Waals surface area (Å²) >= 11 is 0. The normalized spacial score (nSPS) is 11.1. The van der Waals surface area contributed by atoms with Gasteiger partial charge in [-0.05, 0) is 36.2 Å². The highest BCUT2D eigenvalue weighted by Crippen LogP contribution is 2.04. The molecule has 0 radical (unpaired) electrons. The van der Waals surface area contributed by atoms with Crippen LogP contribution < -0.4 is 16.0 Å². The van der Waals surface area contributed by atoms with E-state index in [1.165, 1.54) is 12.1 Å². The standard InChI is InChI=1S/C18H23FN4/c1-20-18(23-14-15-8-10-16(19)11-9-15)22-13-5-12-21-17-6-3-2-4-7-17/h2-4,6-11,21H,5,12-14H2,1H3,(H2,20,22,23). The fourth-order valence-corrected chi connectivity index (χ4v) is 2.09. The van der Waals surface area contributed by atoms with Crippen LogP contribution in [0.25, 0.3) is 0 Å². The van der Waals surface area contributed by atoms with E-state index >= 15 is 0 Å². The van der Waals surface area contributed by atoms with Crippen molar-refractivity contribution >= 4 is 11.6 Å². The van der Waals surface area contributed by atoms with Crippen LogP contribution in [0.15, 0.2) is 59.6 Å². The van der Waals surface area contributed by atoms with Crippen molar-refractivity contribution in [2.75, 3.05) is 25.5 Å². The molecule has 2 aromatic carbocycles. The van der Waals surface area contributed by atoms with Crippen LogP contribution in [-0.2, 0) is 6.54 Å². The number of hydrogen-bond acceptors (Lipinski definition) is 2. The number of hydrogen-bond donors (Lipinski definition) is 3. The van der Waals surface area contributed by atoms with Crippen LogP contribution in [0.4, 0.5) is 10.1 Å². The lowest BCUT2D eigenvalue weighted by Crippen LogP contribution is -2.37. The smallest absolute Gasteiger partial charge is 0.191 e. The molecule has 0 aliphatic rings. The molecule has 5 heteroatoms. The Morgan fingerprint density at radius 1 is 0.957 bits per heavy atom. The van der Waals surface area contributed by atoms with Gasteiger partial charge in [-0.25, -0.2) is 4.39 Å². The van der Waals surface area contributed by atoms with Crippen LogP contribution in [-0.4, -0.2) is 26.1 Å². The zero-order chi connectivity index (χ0) is 16.3. The Morgan fingerprint density at radius 2 is 1.70 bits per heavy atom. The number of anilines is 1. The van der Waals surface area contributed by atoms with E-state index in [1.807, 2.05) is 18.2 Å². The molecule has 0 fully saturated rings. The van der Waals surface area contributed by atoms with Crippen LogP contribution in [0.1, 0.15) is 12.0 Å². The number of nitrogens with zero attached hydrogens (tertiary/aromatic N) is 1. The third kappa shape index (κ3) is 6.38. The molecule has 0 saturated carbocycles. The molecule has 3 N–H and O–H groups in total. The summed E-state index contributed by atoms with van der Waals surface area (Å²) in [6.45, 7) is 2.33. The lowest BCUT2D eigenvalue weighted by atomic mass is 10.2. The predicted octanol–water partition coefficient (Wildman–Crippen LogP) is 2.99. The second-order valence-electron chi connectivity index (χ2n) is 5.13. The second-order valence-corrected chi connectivity index (χ2v) is 5.13. The molecule has 0 atom stereocenters. The lowest BCUT2D eigenvalue weighted by molar-refractivity contribution is 0.626. The molecule has 23 heavy (non-hydrogen) atoms. The Labute approximate surface area is 136 Å². The maximum atomic E-state index is 12.9. The summed E-state index contributed by atoms with van der Waals surface area (Å²) in [5, 5.41) is 9.84. The quantitative estimate of drug-likeness (QED) is 0.418. The third-order valence-corrected chi connectivity index (χ3v) is 3.35. The van der Waals surface area contributed by atoms with Crippen molar-refractivity contribution in [1.82, 2.24) is 10.6 Å². The summed E-state index contributed by atoms with van der Waals surface area (Å²) in [7, 11) is 1.74. The molecule has 2 aromatic rings. The molecule has 0 aliphatic carbocycles. The van der Waals surface area contributed by atoms with Gasteiger partial charge >= 0.3 is 0 Å². The van der Waals surface area contributed by atoms with Gasteiger partial charge in [-0.1, -0.05) is 30.3 Å². The Hall–Kier alpha value is -2.56. The fourth-order valence-electron chi connectivity index (χ4n) is 2.09. The second kappa shape index (κ2) is 9.46. The van der Waals surface area contributed by atoms with E-state index in [0.29, 0.717) is 6.54 Å². The molecular formula is C18H23FN4. The fraction of sp³-hybridized carbons (Fsp3) is 0.278. The average Bonchev–Trinajstić information content (AvgIpc) is 2.59. The average molecular weight is 314 g/mol. The molecule has 0 aromatic heterocycles. The minimum Gasteiger partial charge on any atom is -0.385 e. The summed E-state index contributed by atoms with van der Waals surface area (Å²) < 4.78 is 12.9. The molecule has 0 heterocycles. The number of aliphatic imine (C=N–C) groups is 1. The highest BCUT2D eigenvalue weighted by Gasteiger charge is 1.98. The van der Waals surface area contributed by atoms with Gasteiger partial charge in [0.25, 0.3) is 0 Å². The van der Waals surface area contributed by atoms with Gasteiger partial charge < -0.3 is 16.0 Å². The minimum atomic E-state index is -0.220. The van der Waals surface area contributed by atoms with Gasteiger partial charge in [-0.15, -0.1) is 0 Å². The minimum absolute atomic E-state index is 0.220. The van der Waals surface area contributed by atoms with Crippen molar-refractivity contribution in [3.63, 3.8) is 0 Å². The monoisotopic (exact) mass is 314 g/mol. The van der Waals surface area contributed by atoms with Crippen molar-refractivity contribution in [2.24, 2.45) is 4.99 Å². The van der Waals surface area contributed by atoms with Crippen molar-refractivity contribution in [3.8, 4) is 0 Å². The lowest BCUT2D eigenvalue weighted by Gasteiger charge is -2.12. The summed E-state index contributed by atoms with van der Waals surface area (Å²) in [6, 6.07) is 16.6. The molecule has 0 aliphatic heterocycles. The molecule has 0 bridgehead atoms. The first-order valence-electron chi connectivity index (χ1n) is 7.76. The van der Waals surface area contributed by atoms with E-state index in [0.717, 1.165) is 36.7 Å². The Balaban J connectivity index is 1.62. The first-order chi connectivity index (χ1) is 11.3. The molecule has 2 rings (SSSR count). The van der Waals surface area contributed by atoms with Crippen molar-refractivity contribution in [1.29, 1.82) is 0 Å². The van der Waals surface area contributed by atoms with E-state index in [9.17, 15) is 4.39 Å². The van der Waals surface area contributed by atoms with E-state index in [4.69, 9.17) is 0 Å². The van der Waals surface area contributed by atoms with E-state index in [1.54, 1.807) is 19.2 Å². The summed E-state index contributed by atoms with van der Waals surface area (Å²) in [4.78, 5) is 4.18. The van der Waals surface area contributed by atoms with Gasteiger partial charge in [-0.2, -0.15) is 0 Å². The van der Waals surface area contributed by atoms with Crippen LogP contribution >= 0.6 is 0 Å². The number of halogens is 1. The summed E-state index contributed by atoms with van der Waals surface area (Å²) in [5.74, 6) is 0.524. The van der Waals surface area contributed by atoms with Crippen molar-refractivity contribution in [3.05, 3.63) is 66.0 Å². The molecular weight excluding hydrogens is 291 g/mol. The summed E-state index contributed by atoms with van der Waals surface area (Å²) in [6.07, 6.45) is 0.978. The van der Waals surface area contributed by atoms with Crippen molar-refractivity contribution < 1.29 is 4.39 Å². The van der Waals surface area contributed by atoms with Crippen LogP contribution in [0.3, 0.4) is 0 Å². The first-order valence-corrected chi connectivity index (χ1v) is 7.76. The molecule has 122 valence electrons. The Kier molecular flexibility index (Phi) is 6.91. The molecule has 0 amide bonds. The van der Waals surface area contributed by atoms with Gasteiger partial charge in [0.05, 0.1) is 0 Å². The number of benzene rings is 2. The third-order valence-electron chi connectivity index (χ3n) is 3.35. The number of rotatable bonds is 7. The van der Waals surface area contributed by atoms with Gasteiger partial charge in [0.1, 0.15) is 5.82 Å². The summed E-state index contributed by atoms with van der Waals surface area (Å²) in [5.41, 5.74) is 2.14. The zero-order valence-electron chi connectivity index (χ0n) is 13.3. The largest absolute Gasteiger partial charge is 0.385 e. The molecule has 0 saturated heterocycles. The topological polar surface area (TPSA) is 48.5 Å². The predicted molar refractivity (Wildman–Crippen MR) is 94.2 cm³/mol. The van der Waals surface area contributed by atoms with Crippen LogP contribution in [0, 0.1) is 5.82 Å². The van der Waals surface area contributed by atoms with Crippen LogP contribution in [0.2, 0.25) is 0 Å². The first kappa shape index (κ1) is 16.8. The van der Waals surface area contributed by atoms with Crippen LogP contribution in [0.5, 0.6) is 0 Å². The van der Waals surface area contributed by atoms with Gasteiger partial charge in [0.15, 0.2) is 5.96 Å². The molecule has 0 spiro atoms. The Bertz CT molecular complexity index is 596. The maximum Gasteiger partial charge on any atom is 0.191 e. The van der Waals surface area contributed by atoms with Gasteiger partial charge in [0.2, 0.25) is 0 Å².